The minimum atomic E-state index is -3.51. The van der Waals surface area contributed by atoms with Crippen molar-refractivity contribution in [1.29, 1.82) is 0 Å². The molecule has 1 fully saturated rings. The Morgan fingerprint density at radius 3 is 1.50 bits per heavy atom. The van der Waals surface area contributed by atoms with Gasteiger partial charge in [0.05, 0.1) is 0 Å². The van der Waals surface area contributed by atoms with Gasteiger partial charge in [-0.05, 0) is 25.9 Å². The van der Waals surface area contributed by atoms with Gasteiger partial charge in [-0.1, -0.05) is 12.8 Å². The molecule has 10 heteroatoms. The SMILES string of the molecule is C1CCCNCC1.O=[PH]([O-])O[PH](=O)[O-].[Na+].[Na+]. The van der Waals surface area contributed by atoms with Crippen molar-refractivity contribution in [1.82, 2.24) is 5.32 Å². The van der Waals surface area contributed by atoms with Crippen LogP contribution in [-0.4, -0.2) is 13.1 Å². The van der Waals surface area contributed by atoms with Crippen LogP contribution >= 0.6 is 16.5 Å². The summed E-state index contributed by atoms with van der Waals surface area (Å²) in [6.45, 7) is 2.50. The van der Waals surface area contributed by atoms with E-state index in [1.807, 2.05) is 0 Å². The largest absolute Gasteiger partial charge is 1.00 e. The summed E-state index contributed by atoms with van der Waals surface area (Å²) in [7, 11) is -7.03. The van der Waals surface area contributed by atoms with Gasteiger partial charge in [0.25, 0.3) is 0 Å². The second kappa shape index (κ2) is 17.3. The van der Waals surface area contributed by atoms with Gasteiger partial charge < -0.3 is 24.2 Å². The van der Waals surface area contributed by atoms with Crippen LogP contribution in [0.15, 0.2) is 0 Å². The van der Waals surface area contributed by atoms with Crippen molar-refractivity contribution in [2.24, 2.45) is 0 Å². The first kappa shape index (κ1) is 23.4. The molecular formula is C6H15NNa2O5P2. The predicted octanol–water partition coefficient (Wildman–Crippen LogP) is -6.34. The third-order valence-corrected chi connectivity index (χ3v) is 2.96. The van der Waals surface area contributed by atoms with Gasteiger partial charge in [-0.15, -0.1) is 0 Å². The molecule has 0 radical (unpaired) electrons. The molecule has 0 aliphatic carbocycles. The zero-order chi connectivity index (χ0) is 10.8. The number of hydrogen-bond donors (Lipinski definition) is 1. The monoisotopic (exact) mass is 289 g/mol. The van der Waals surface area contributed by atoms with E-state index in [1.54, 1.807) is 0 Å². The topological polar surface area (TPSA) is 102 Å². The Balaban J connectivity index is -0.000000188. The van der Waals surface area contributed by atoms with Crippen LogP contribution in [0.25, 0.3) is 0 Å². The molecule has 16 heavy (non-hydrogen) atoms. The van der Waals surface area contributed by atoms with Gasteiger partial charge in [0.1, 0.15) is 16.5 Å². The molecule has 6 nitrogen and oxygen atoms in total. The predicted molar refractivity (Wildman–Crippen MR) is 50.4 cm³/mol. The smallest absolute Gasteiger partial charge is 0.781 e. The van der Waals surface area contributed by atoms with Crippen molar-refractivity contribution < 1.29 is 82.3 Å². The van der Waals surface area contributed by atoms with E-state index in [4.69, 9.17) is 0 Å². The van der Waals surface area contributed by atoms with Crippen molar-refractivity contribution in [3.63, 3.8) is 0 Å². The number of hydrogen-bond acceptors (Lipinski definition) is 6. The van der Waals surface area contributed by atoms with E-state index in [1.165, 1.54) is 38.8 Å². The fourth-order valence-electron chi connectivity index (χ4n) is 1.05. The maximum Gasteiger partial charge on any atom is 1.00 e. The molecule has 1 aliphatic rings. The van der Waals surface area contributed by atoms with E-state index < -0.39 is 16.5 Å². The molecule has 0 saturated carbocycles. The average Bonchev–Trinajstić information content (AvgIpc) is 2.32. The van der Waals surface area contributed by atoms with Crippen LogP contribution < -0.4 is 74.2 Å². The van der Waals surface area contributed by atoms with Crippen molar-refractivity contribution >= 4 is 16.5 Å². The van der Waals surface area contributed by atoms with Crippen LogP contribution in [0, 0.1) is 0 Å². The summed E-state index contributed by atoms with van der Waals surface area (Å²) in [6.07, 6.45) is 5.65. The van der Waals surface area contributed by atoms with Crippen molar-refractivity contribution in [2.45, 2.75) is 25.7 Å². The van der Waals surface area contributed by atoms with Crippen molar-refractivity contribution in [3.05, 3.63) is 0 Å². The molecule has 0 spiro atoms. The van der Waals surface area contributed by atoms with E-state index in [-0.39, 0.29) is 59.1 Å². The van der Waals surface area contributed by atoms with E-state index in [2.05, 4.69) is 9.63 Å². The van der Waals surface area contributed by atoms with Gasteiger partial charge in [-0.2, -0.15) is 0 Å². The van der Waals surface area contributed by atoms with Gasteiger partial charge in [0.15, 0.2) is 0 Å². The van der Waals surface area contributed by atoms with Crippen LogP contribution in [0.3, 0.4) is 0 Å². The van der Waals surface area contributed by atoms with Gasteiger partial charge >= 0.3 is 59.1 Å². The maximum atomic E-state index is 9.29. The second-order valence-corrected chi connectivity index (χ2v) is 4.58. The van der Waals surface area contributed by atoms with E-state index in [9.17, 15) is 18.9 Å². The molecule has 0 aromatic heterocycles. The van der Waals surface area contributed by atoms with Crippen molar-refractivity contribution in [3.8, 4) is 0 Å². The molecule has 2 atom stereocenters. The molecule has 1 heterocycles. The maximum absolute atomic E-state index is 9.29. The third-order valence-electron chi connectivity index (χ3n) is 1.62. The quantitative estimate of drug-likeness (QED) is 0.401. The Morgan fingerprint density at radius 2 is 1.25 bits per heavy atom. The van der Waals surface area contributed by atoms with Gasteiger partial charge in [-0.3, -0.25) is 4.31 Å². The molecule has 2 unspecified atom stereocenters. The minimum Gasteiger partial charge on any atom is -0.781 e. The van der Waals surface area contributed by atoms with Crippen LogP contribution in [0.1, 0.15) is 25.7 Å². The van der Waals surface area contributed by atoms with Crippen molar-refractivity contribution in [2.75, 3.05) is 13.1 Å². The Kier molecular flexibility index (Phi) is 25.3. The Hall–Kier alpha value is 2.30. The van der Waals surface area contributed by atoms with E-state index in [0.29, 0.717) is 0 Å². The third kappa shape index (κ3) is 21.6. The summed E-state index contributed by atoms with van der Waals surface area (Å²) in [5.74, 6) is 0. The van der Waals surface area contributed by atoms with Gasteiger partial charge in [0.2, 0.25) is 0 Å². The fourth-order valence-corrected chi connectivity index (χ4v) is 1.59. The normalized spacial score (nSPS) is 18.6. The Labute approximate surface area is 141 Å². The molecule has 0 aromatic rings. The van der Waals surface area contributed by atoms with Crippen LogP contribution in [0.2, 0.25) is 0 Å². The fraction of sp³-hybridized carbons (Fsp3) is 1.00. The standard InChI is InChI=1S/C6H13N.2Na.H4O5P2/c1-2-4-6-7-5-3-1;;;1-6(2)5-7(3)4/h7H,1-6H2;;;6-7H,(H,1,2)(H,3,4)/q;2*+1;/p-2. The number of nitrogens with one attached hydrogen (secondary N) is 1. The van der Waals surface area contributed by atoms with Crippen LogP contribution in [-0.2, 0) is 13.4 Å². The van der Waals surface area contributed by atoms with Gasteiger partial charge in [-0.25, -0.2) is 0 Å². The first-order valence-electron chi connectivity index (χ1n) is 4.43. The zero-order valence-corrected chi connectivity index (χ0v) is 15.8. The molecule has 1 rings (SSSR count). The summed E-state index contributed by atoms with van der Waals surface area (Å²) >= 11 is 0. The summed E-state index contributed by atoms with van der Waals surface area (Å²) in [4.78, 5) is 18.6. The molecule has 1 aliphatic heterocycles. The average molecular weight is 289 g/mol. The molecule has 1 N–H and O–H groups in total. The molecule has 1 saturated heterocycles. The second-order valence-electron chi connectivity index (χ2n) is 2.77. The Bertz CT molecular complexity index is 166. The summed E-state index contributed by atoms with van der Waals surface area (Å²) in [5.41, 5.74) is 0. The zero-order valence-electron chi connectivity index (χ0n) is 9.78. The van der Waals surface area contributed by atoms with E-state index >= 15 is 0 Å². The molecule has 0 amide bonds. The summed E-state index contributed by atoms with van der Waals surface area (Å²) in [6, 6.07) is 0. The summed E-state index contributed by atoms with van der Waals surface area (Å²) < 4.78 is 21.8. The first-order valence-corrected chi connectivity index (χ1v) is 6.88. The molecular weight excluding hydrogens is 274 g/mol. The minimum absolute atomic E-state index is 0. The van der Waals surface area contributed by atoms with Crippen LogP contribution in [0.5, 0.6) is 0 Å². The molecule has 0 aromatic carbocycles. The first-order chi connectivity index (χ1) is 6.63. The number of rotatable bonds is 2. The van der Waals surface area contributed by atoms with E-state index in [0.717, 1.165) is 0 Å². The molecule has 0 bridgehead atoms. The molecule has 86 valence electrons. The van der Waals surface area contributed by atoms with Gasteiger partial charge in [0, 0.05) is 0 Å². The Morgan fingerprint density at radius 1 is 0.875 bits per heavy atom. The van der Waals surface area contributed by atoms with Crippen LogP contribution in [0.4, 0.5) is 0 Å². The summed E-state index contributed by atoms with van der Waals surface area (Å²) in [5, 5.41) is 3.35.